The maximum atomic E-state index is 12.3. The number of hydrogen-bond donors (Lipinski definition) is 1. The number of carbonyl (C=O) groups is 1. The van der Waals surface area contributed by atoms with Crippen LogP contribution in [-0.2, 0) is 0 Å². The van der Waals surface area contributed by atoms with Crippen molar-refractivity contribution in [2.45, 2.75) is 26.8 Å². The van der Waals surface area contributed by atoms with Crippen LogP contribution in [0, 0.1) is 13.8 Å². The van der Waals surface area contributed by atoms with Crippen molar-refractivity contribution in [3.05, 3.63) is 64.7 Å². The molecule has 0 aliphatic heterocycles. The molecule has 1 N–H and O–H groups in total. The molecule has 1 atom stereocenters. The molecule has 0 heterocycles. The molecule has 0 aliphatic carbocycles. The highest BCUT2D eigenvalue weighted by Gasteiger charge is 2.13. The first-order valence-corrected chi connectivity index (χ1v) is 7.03. The van der Waals surface area contributed by atoms with E-state index in [0.717, 1.165) is 11.3 Å². The Labute approximate surface area is 126 Å². The smallest absolute Gasteiger partial charge is 0.251 e. The zero-order chi connectivity index (χ0) is 15.4. The molecule has 1 amide bonds. The van der Waals surface area contributed by atoms with Crippen LogP contribution in [0.15, 0.2) is 42.5 Å². The van der Waals surface area contributed by atoms with Crippen LogP contribution in [0.2, 0.25) is 0 Å². The Morgan fingerprint density at radius 3 is 2.33 bits per heavy atom. The maximum absolute atomic E-state index is 12.3. The van der Waals surface area contributed by atoms with Gasteiger partial charge in [0.2, 0.25) is 0 Å². The quantitative estimate of drug-likeness (QED) is 0.926. The maximum Gasteiger partial charge on any atom is 0.251 e. The molecule has 2 aromatic carbocycles. The van der Waals surface area contributed by atoms with Gasteiger partial charge in [-0.2, -0.15) is 0 Å². The van der Waals surface area contributed by atoms with Crippen molar-refractivity contribution in [1.82, 2.24) is 5.32 Å². The topological polar surface area (TPSA) is 38.3 Å². The lowest BCUT2D eigenvalue weighted by Crippen LogP contribution is -2.27. The predicted molar refractivity (Wildman–Crippen MR) is 84.8 cm³/mol. The number of aryl methyl sites for hydroxylation is 2. The number of nitrogens with one attached hydrogen (secondary N) is 1. The molecule has 2 aromatic rings. The Kier molecular flexibility index (Phi) is 4.63. The Hall–Kier alpha value is -2.29. The fourth-order valence-electron chi connectivity index (χ4n) is 2.41. The van der Waals surface area contributed by atoms with Gasteiger partial charge in [-0.1, -0.05) is 23.8 Å². The third-order valence-electron chi connectivity index (χ3n) is 3.59. The van der Waals surface area contributed by atoms with Gasteiger partial charge >= 0.3 is 0 Å². The van der Waals surface area contributed by atoms with E-state index in [1.165, 1.54) is 11.1 Å². The van der Waals surface area contributed by atoms with Gasteiger partial charge in [-0.05, 0) is 56.2 Å². The number of rotatable bonds is 4. The van der Waals surface area contributed by atoms with Gasteiger partial charge in [-0.15, -0.1) is 0 Å². The summed E-state index contributed by atoms with van der Waals surface area (Å²) in [6.07, 6.45) is 0. The number of carbonyl (C=O) groups excluding carboxylic acids is 1. The molecule has 0 aromatic heterocycles. The first-order valence-electron chi connectivity index (χ1n) is 7.03. The van der Waals surface area contributed by atoms with E-state index in [1.54, 1.807) is 31.4 Å². The fourth-order valence-corrected chi connectivity index (χ4v) is 2.41. The largest absolute Gasteiger partial charge is 0.497 e. The molecule has 0 spiro atoms. The molecule has 0 saturated heterocycles. The van der Waals surface area contributed by atoms with Crippen molar-refractivity contribution in [3.8, 4) is 5.75 Å². The number of methoxy groups -OCH3 is 1. The molecule has 0 radical (unpaired) electrons. The lowest BCUT2D eigenvalue weighted by Gasteiger charge is -2.17. The van der Waals surface area contributed by atoms with Crippen LogP contribution in [0.4, 0.5) is 0 Å². The number of ether oxygens (including phenoxy) is 1. The minimum atomic E-state index is -0.0786. The summed E-state index contributed by atoms with van der Waals surface area (Å²) in [6, 6.07) is 13.4. The Bertz CT molecular complexity index is 632. The van der Waals surface area contributed by atoms with E-state index in [9.17, 15) is 4.79 Å². The van der Waals surface area contributed by atoms with E-state index in [0.29, 0.717) is 5.56 Å². The van der Waals surface area contributed by atoms with Gasteiger partial charge in [0, 0.05) is 5.56 Å². The highest BCUT2D eigenvalue weighted by atomic mass is 16.5. The predicted octanol–water partition coefficient (Wildman–Crippen LogP) is 3.80. The lowest BCUT2D eigenvalue weighted by molar-refractivity contribution is 0.0940. The van der Waals surface area contributed by atoms with Gasteiger partial charge in [-0.25, -0.2) is 0 Å². The Morgan fingerprint density at radius 1 is 1.10 bits per heavy atom. The van der Waals surface area contributed by atoms with Crippen molar-refractivity contribution < 1.29 is 9.53 Å². The normalized spacial score (nSPS) is 11.8. The second kappa shape index (κ2) is 6.44. The van der Waals surface area contributed by atoms with Gasteiger partial charge in [0.05, 0.1) is 13.2 Å². The summed E-state index contributed by atoms with van der Waals surface area (Å²) in [7, 11) is 1.61. The summed E-state index contributed by atoms with van der Waals surface area (Å²) in [5, 5.41) is 3.03. The molecule has 3 heteroatoms. The minimum absolute atomic E-state index is 0.0276. The molecule has 0 fully saturated rings. The number of benzene rings is 2. The van der Waals surface area contributed by atoms with Crippen molar-refractivity contribution >= 4 is 5.91 Å². The lowest BCUT2D eigenvalue weighted by atomic mass is 10.00. The molecule has 0 saturated carbocycles. The van der Waals surface area contributed by atoms with Crippen LogP contribution in [0.3, 0.4) is 0 Å². The third-order valence-corrected chi connectivity index (χ3v) is 3.59. The van der Waals surface area contributed by atoms with Crippen LogP contribution in [0.25, 0.3) is 0 Å². The number of amides is 1. The third kappa shape index (κ3) is 3.63. The monoisotopic (exact) mass is 283 g/mol. The molecule has 2 rings (SSSR count). The number of hydrogen-bond acceptors (Lipinski definition) is 2. The van der Waals surface area contributed by atoms with E-state index >= 15 is 0 Å². The van der Waals surface area contributed by atoms with Gasteiger partial charge in [0.25, 0.3) is 5.91 Å². The highest BCUT2D eigenvalue weighted by molar-refractivity contribution is 5.94. The van der Waals surface area contributed by atoms with Crippen LogP contribution in [0.1, 0.15) is 40.0 Å². The SMILES string of the molecule is COc1ccc(C(=O)N[C@@H](C)c2ccc(C)cc2C)cc1. The van der Waals surface area contributed by atoms with Crippen molar-refractivity contribution in [1.29, 1.82) is 0 Å². The fraction of sp³-hybridized carbons (Fsp3) is 0.278. The summed E-state index contributed by atoms with van der Waals surface area (Å²) in [6.45, 7) is 6.13. The Morgan fingerprint density at radius 2 is 1.76 bits per heavy atom. The second-order valence-electron chi connectivity index (χ2n) is 5.28. The summed E-state index contributed by atoms with van der Waals surface area (Å²) >= 11 is 0. The summed E-state index contributed by atoms with van der Waals surface area (Å²) in [5.41, 5.74) is 4.19. The van der Waals surface area contributed by atoms with Gasteiger partial charge in [0.1, 0.15) is 5.75 Å². The summed E-state index contributed by atoms with van der Waals surface area (Å²) in [5.74, 6) is 0.666. The summed E-state index contributed by atoms with van der Waals surface area (Å²) in [4.78, 5) is 12.3. The van der Waals surface area contributed by atoms with Gasteiger partial charge < -0.3 is 10.1 Å². The molecular formula is C18H21NO2. The molecule has 0 bridgehead atoms. The van der Waals surface area contributed by atoms with Crippen molar-refractivity contribution in [2.75, 3.05) is 7.11 Å². The van der Waals surface area contributed by atoms with E-state index < -0.39 is 0 Å². The standard InChI is InChI=1S/C18H21NO2/c1-12-5-10-17(13(2)11-12)14(3)19-18(20)15-6-8-16(21-4)9-7-15/h5-11,14H,1-4H3,(H,19,20)/t14-/m0/s1. The first-order chi connectivity index (χ1) is 10.0. The summed E-state index contributed by atoms with van der Waals surface area (Å²) < 4.78 is 5.09. The molecule has 0 aliphatic rings. The van der Waals surface area contributed by atoms with E-state index in [2.05, 4.69) is 37.4 Å². The molecule has 3 nitrogen and oxygen atoms in total. The zero-order valence-corrected chi connectivity index (χ0v) is 12.9. The molecule has 0 unspecified atom stereocenters. The van der Waals surface area contributed by atoms with E-state index in [4.69, 9.17) is 4.74 Å². The Balaban J connectivity index is 2.10. The van der Waals surface area contributed by atoms with Gasteiger partial charge in [0.15, 0.2) is 0 Å². The minimum Gasteiger partial charge on any atom is -0.497 e. The van der Waals surface area contributed by atoms with E-state index in [-0.39, 0.29) is 11.9 Å². The average Bonchev–Trinajstić information content (AvgIpc) is 2.47. The van der Waals surface area contributed by atoms with Crippen LogP contribution in [0.5, 0.6) is 5.75 Å². The molecular weight excluding hydrogens is 262 g/mol. The molecule has 21 heavy (non-hydrogen) atoms. The second-order valence-corrected chi connectivity index (χ2v) is 5.28. The first kappa shape index (κ1) is 15.1. The van der Waals surface area contributed by atoms with Gasteiger partial charge in [-0.3, -0.25) is 4.79 Å². The average molecular weight is 283 g/mol. The van der Waals surface area contributed by atoms with Crippen molar-refractivity contribution in [3.63, 3.8) is 0 Å². The highest BCUT2D eigenvalue weighted by Crippen LogP contribution is 2.19. The van der Waals surface area contributed by atoms with Crippen LogP contribution in [-0.4, -0.2) is 13.0 Å². The molecule has 110 valence electrons. The van der Waals surface area contributed by atoms with E-state index in [1.807, 2.05) is 6.92 Å². The zero-order valence-electron chi connectivity index (χ0n) is 12.9. The van der Waals surface area contributed by atoms with Crippen molar-refractivity contribution in [2.24, 2.45) is 0 Å². The van der Waals surface area contributed by atoms with Crippen LogP contribution < -0.4 is 10.1 Å². The van der Waals surface area contributed by atoms with Crippen LogP contribution >= 0.6 is 0 Å².